The summed E-state index contributed by atoms with van der Waals surface area (Å²) in [4.78, 5) is 0.0645. The third kappa shape index (κ3) is 5.50. The first-order chi connectivity index (χ1) is 9.22. The third-order valence-electron chi connectivity index (χ3n) is 2.96. The number of sulfonamides is 1. The van der Waals surface area contributed by atoms with Crippen molar-refractivity contribution >= 4 is 26.0 Å². The van der Waals surface area contributed by atoms with E-state index in [-0.39, 0.29) is 15.4 Å². The Kier molecular flexibility index (Phi) is 6.61. The summed E-state index contributed by atoms with van der Waals surface area (Å²) in [7, 11) is -3.62. The van der Waals surface area contributed by atoms with Crippen LogP contribution < -0.4 is 4.72 Å². The molecule has 1 rings (SSSR count). The van der Waals surface area contributed by atoms with Gasteiger partial charge in [0.25, 0.3) is 0 Å². The molecule has 0 aromatic heterocycles. The molecular weight excluding hydrogens is 345 g/mol. The zero-order chi connectivity index (χ0) is 15.3. The molecule has 0 radical (unpaired) electrons. The molecule has 1 N–H and O–H groups in total. The van der Waals surface area contributed by atoms with E-state index < -0.39 is 15.8 Å². The van der Waals surface area contributed by atoms with Gasteiger partial charge in [-0.05, 0) is 53.4 Å². The van der Waals surface area contributed by atoms with Crippen molar-refractivity contribution in [3.63, 3.8) is 0 Å². The van der Waals surface area contributed by atoms with Crippen LogP contribution in [0.25, 0.3) is 0 Å². The maximum Gasteiger partial charge on any atom is 0.241 e. The van der Waals surface area contributed by atoms with E-state index in [2.05, 4.69) is 34.5 Å². The first-order valence-electron chi connectivity index (χ1n) is 6.69. The second kappa shape index (κ2) is 7.52. The lowest BCUT2D eigenvalue weighted by atomic mass is 10.0. The molecule has 6 heteroatoms. The number of rotatable bonds is 7. The molecule has 0 heterocycles. The maximum absolute atomic E-state index is 13.0. The zero-order valence-electron chi connectivity index (χ0n) is 12.0. The third-order valence-corrected chi connectivity index (χ3v) is 5.52. The SMILES string of the molecule is CC(C)CCCC(C)NS(=O)(=O)c1ccc(F)cc1Br. The van der Waals surface area contributed by atoms with Gasteiger partial charge < -0.3 is 0 Å². The van der Waals surface area contributed by atoms with Gasteiger partial charge in [-0.25, -0.2) is 17.5 Å². The van der Waals surface area contributed by atoms with Crippen LogP contribution in [0.5, 0.6) is 0 Å². The van der Waals surface area contributed by atoms with Crippen molar-refractivity contribution in [1.82, 2.24) is 4.72 Å². The first-order valence-corrected chi connectivity index (χ1v) is 8.97. The Bertz CT molecular complexity index is 546. The van der Waals surface area contributed by atoms with Crippen molar-refractivity contribution in [2.24, 2.45) is 5.92 Å². The molecule has 0 bridgehead atoms. The van der Waals surface area contributed by atoms with Crippen molar-refractivity contribution < 1.29 is 12.8 Å². The molecule has 0 fully saturated rings. The minimum Gasteiger partial charge on any atom is -0.208 e. The molecule has 1 aromatic rings. The summed E-state index contributed by atoms with van der Waals surface area (Å²) in [5.74, 6) is 0.144. The molecular formula is C14H21BrFNO2S. The summed E-state index contributed by atoms with van der Waals surface area (Å²) in [6.45, 7) is 6.13. The Morgan fingerprint density at radius 1 is 1.25 bits per heavy atom. The Labute approximate surface area is 129 Å². The van der Waals surface area contributed by atoms with Crippen LogP contribution in [0.15, 0.2) is 27.6 Å². The normalized spacial score (nSPS) is 13.7. The molecule has 20 heavy (non-hydrogen) atoms. The Hall–Kier alpha value is -0.460. The monoisotopic (exact) mass is 365 g/mol. The van der Waals surface area contributed by atoms with Crippen LogP contribution in [0.3, 0.4) is 0 Å². The van der Waals surface area contributed by atoms with E-state index in [1.54, 1.807) is 0 Å². The van der Waals surface area contributed by atoms with Crippen LogP contribution in [-0.2, 0) is 10.0 Å². The average molecular weight is 366 g/mol. The van der Waals surface area contributed by atoms with Crippen LogP contribution in [0.4, 0.5) is 4.39 Å². The minimum atomic E-state index is -3.62. The zero-order valence-corrected chi connectivity index (χ0v) is 14.4. The van der Waals surface area contributed by atoms with Crippen molar-refractivity contribution in [2.75, 3.05) is 0 Å². The van der Waals surface area contributed by atoms with E-state index in [0.717, 1.165) is 31.4 Å². The van der Waals surface area contributed by atoms with Crippen molar-refractivity contribution in [2.45, 2.75) is 51.0 Å². The van der Waals surface area contributed by atoms with E-state index in [0.29, 0.717) is 5.92 Å². The van der Waals surface area contributed by atoms with E-state index in [4.69, 9.17) is 0 Å². The quantitative estimate of drug-likeness (QED) is 0.790. The van der Waals surface area contributed by atoms with Gasteiger partial charge in [0.15, 0.2) is 0 Å². The molecule has 3 nitrogen and oxygen atoms in total. The summed E-state index contributed by atoms with van der Waals surface area (Å²) in [6, 6.07) is 3.42. The molecule has 1 unspecified atom stereocenters. The summed E-state index contributed by atoms with van der Waals surface area (Å²) < 4.78 is 40.3. The topological polar surface area (TPSA) is 46.2 Å². The summed E-state index contributed by atoms with van der Waals surface area (Å²) in [5.41, 5.74) is 0. The second-order valence-corrected chi connectivity index (χ2v) is 7.96. The van der Waals surface area contributed by atoms with Gasteiger partial charge in [-0.15, -0.1) is 0 Å². The van der Waals surface area contributed by atoms with Gasteiger partial charge >= 0.3 is 0 Å². The highest BCUT2D eigenvalue weighted by Gasteiger charge is 2.20. The molecule has 0 saturated heterocycles. The lowest BCUT2D eigenvalue weighted by Gasteiger charge is -2.15. The minimum absolute atomic E-state index is 0.0645. The van der Waals surface area contributed by atoms with Crippen LogP contribution >= 0.6 is 15.9 Å². The van der Waals surface area contributed by atoms with Crippen molar-refractivity contribution in [1.29, 1.82) is 0 Å². The molecule has 0 spiro atoms. The first kappa shape index (κ1) is 17.6. The Morgan fingerprint density at radius 3 is 2.45 bits per heavy atom. The lowest BCUT2D eigenvalue weighted by molar-refractivity contribution is 0.488. The Morgan fingerprint density at radius 2 is 1.90 bits per heavy atom. The van der Waals surface area contributed by atoms with E-state index in [1.807, 2.05) is 6.92 Å². The highest BCUT2D eigenvalue weighted by molar-refractivity contribution is 9.10. The molecule has 0 saturated carbocycles. The molecule has 1 atom stereocenters. The number of benzene rings is 1. The smallest absolute Gasteiger partial charge is 0.208 e. The van der Waals surface area contributed by atoms with E-state index >= 15 is 0 Å². The number of hydrogen-bond acceptors (Lipinski definition) is 2. The standard InChI is InChI=1S/C14H21BrFNO2S/c1-10(2)5-4-6-11(3)17-20(18,19)14-8-7-12(16)9-13(14)15/h7-11,17H,4-6H2,1-3H3. The van der Waals surface area contributed by atoms with Crippen molar-refractivity contribution in [3.8, 4) is 0 Å². The van der Waals surface area contributed by atoms with E-state index in [1.165, 1.54) is 6.07 Å². The molecule has 0 aliphatic carbocycles. The van der Waals surface area contributed by atoms with Crippen LogP contribution in [0, 0.1) is 11.7 Å². The van der Waals surface area contributed by atoms with Crippen molar-refractivity contribution in [3.05, 3.63) is 28.5 Å². The van der Waals surface area contributed by atoms with Crippen LogP contribution in [-0.4, -0.2) is 14.5 Å². The predicted octanol–water partition coefficient (Wildman–Crippen LogP) is 4.08. The fourth-order valence-electron chi connectivity index (χ4n) is 1.91. The van der Waals surface area contributed by atoms with E-state index in [9.17, 15) is 12.8 Å². The number of nitrogens with one attached hydrogen (secondary N) is 1. The van der Waals surface area contributed by atoms with Gasteiger partial charge in [0.2, 0.25) is 10.0 Å². The largest absolute Gasteiger partial charge is 0.241 e. The predicted molar refractivity (Wildman–Crippen MR) is 82.6 cm³/mol. The Balaban J connectivity index is 2.69. The number of hydrogen-bond donors (Lipinski definition) is 1. The fourth-order valence-corrected chi connectivity index (χ4v) is 4.24. The second-order valence-electron chi connectivity index (χ2n) is 5.42. The highest BCUT2D eigenvalue weighted by atomic mass is 79.9. The van der Waals surface area contributed by atoms with Crippen LogP contribution in [0.2, 0.25) is 0 Å². The molecule has 1 aromatic carbocycles. The molecule has 0 aliphatic heterocycles. The van der Waals surface area contributed by atoms with Gasteiger partial charge in [0.05, 0.1) is 4.90 Å². The molecule has 0 amide bonds. The van der Waals surface area contributed by atoms with Gasteiger partial charge in [-0.3, -0.25) is 0 Å². The van der Waals surface area contributed by atoms with Crippen LogP contribution in [0.1, 0.15) is 40.0 Å². The average Bonchev–Trinajstić information content (AvgIpc) is 2.26. The fraction of sp³-hybridized carbons (Fsp3) is 0.571. The molecule has 0 aliphatic rings. The van der Waals surface area contributed by atoms with Gasteiger partial charge in [-0.1, -0.05) is 26.7 Å². The maximum atomic E-state index is 13.0. The number of halogens is 2. The summed E-state index contributed by atoms with van der Waals surface area (Å²) in [5, 5.41) is 0. The lowest BCUT2D eigenvalue weighted by Crippen LogP contribution is -2.32. The highest BCUT2D eigenvalue weighted by Crippen LogP contribution is 2.23. The summed E-state index contributed by atoms with van der Waals surface area (Å²) >= 11 is 3.09. The summed E-state index contributed by atoms with van der Waals surface area (Å²) in [6.07, 6.45) is 2.84. The molecule has 114 valence electrons. The van der Waals surface area contributed by atoms with Gasteiger partial charge in [0.1, 0.15) is 5.82 Å². The van der Waals surface area contributed by atoms with Gasteiger partial charge in [-0.2, -0.15) is 0 Å². The van der Waals surface area contributed by atoms with Gasteiger partial charge in [0, 0.05) is 10.5 Å².